The van der Waals surface area contributed by atoms with Crippen LogP contribution in [0.25, 0.3) is 10.7 Å². The molecule has 0 aliphatic rings. The van der Waals surface area contributed by atoms with Crippen molar-refractivity contribution in [2.24, 2.45) is 0 Å². The van der Waals surface area contributed by atoms with Crippen molar-refractivity contribution in [3.8, 4) is 27.5 Å². The summed E-state index contributed by atoms with van der Waals surface area (Å²) in [6.45, 7) is -0.105. The zero-order valence-electron chi connectivity index (χ0n) is 18.0. The van der Waals surface area contributed by atoms with Gasteiger partial charge in [-0.1, -0.05) is 17.4 Å². The molecule has 0 unspecified atom stereocenters. The number of rotatable bonds is 9. The van der Waals surface area contributed by atoms with Crippen LogP contribution in [0.4, 0.5) is 17.6 Å². The first-order chi connectivity index (χ1) is 16.1. The largest absolute Gasteiger partial charge is 0.573 e. The monoisotopic (exact) mass is 502 g/mol. The number of carbonyl (C=O) groups excluding carboxylic acids is 1. The molecule has 0 bridgehead atoms. The van der Waals surface area contributed by atoms with Gasteiger partial charge in [0.15, 0.2) is 17.4 Å². The molecule has 0 aliphatic heterocycles. The highest BCUT2D eigenvalue weighted by atomic mass is 32.1. The van der Waals surface area contributed by atoms with Crippen molar-refractivity contribution < 1.29 is 41.3 Å². The Bertz CT molecular complexity index is 1160. The summed E-state index contributed by atoms with van der Waals surface area (Å²) in [6.07, 6.45) is -3.57. The number of methoxy groups -OCH3 is 3. The van der Waals surface area contributed by atoms with E-state index in [9.17, 15) is 22.4 Å². The highest BCUT2D eigenvalue weighted by Crippen LogP contribution is 2.30. The van der Waals surface area contributed by atoms with Crippen LogP contribution in [-0.4, -0.2) is 55.2 Å². The Hall–Kier alpha value is -3.52. The molecule has 0 fully saturated rings. The molecule has 0 saturated heterocycles. The van der Waals surface area contributed by atoms with Crippen molar-refractivity contribution in [1.82, 2.24) is 20.3 Å². The Balaban J connectivity index is 1.87. The van der Waals surface area contributed by atoms with Crippen LogP contribution in [0.2, 0.25) is 0 Å². The van der Waals surface area contributed by atoms with Crippen molar-refractivity contribution in [1.29, 1.82) is 0 Å². The lowest BCUT2D eigenvalue weighted by molar-refractivity contribution is -0.275. The van der Waals surface area contributed by atoms with Gasteiger partial charge in [0.05, 0.1) is 37.9 Å². The first kappa shape index (κ1) is 25.1. The number of hydrogen-bond acceptors (Lipinski definition) is 9. The molecule has 0 radical (unpaired) electrons. The smallest absolute Gasteiger partial charge is 0.481 e. The fraction of sp³-hybridized carbons (Fsp3) is 0.300. The van der Waals surface area contributed by atoms with E-state index in [0.717, 1.165) is 23.5 Å². The molecule has 1 N–H and O–H groups in total. The van der Waals surface area contributed by atoms with Gasteiger partial charge in [0, 0.05) is 13.2 Å². The summed E-state index contributed by atoms with van der Waals surface area (Å²) in [6, 6.07) is 3.20. The van der Waals surface area contributed by atoms with E-state index in [2.05, 4.69) is 25.0 Å². The number of alkyl halides is 3. The minimum absolute atomic E-state index is 0.0761. The van der Waals surface area contributed by atoms with Gasteiger partial charge in [-0.3, -0.25) is 4.79 Å². The average Bonchev–Trinajstić information content (AvgIpc) is 3.28. The van der Waals surface area contributed by atoms with Gasteiger partial charge < -0.3 is 24.3 Å². The molecule has 3 rings (SSSR count). The third-order valence-corrected chi connectivity index (χ3v) is 5.20. The van der Waals surface area contributed by atoms with Crippen LogP contribution in [0.3, 0.4) is 0 Å². The van der Waals surface area contributed by atoms with E-state index in [1.165, 1.54) is 39.7 Å². The van der Waals surface area contributed by atoms with E-state index < -0.39 is 29.9 Å². The molecule has 0 spiro atoms. The van der Waals surface area contributed by atoms with E-state index >= 15 is 0 Å². The second-order valence-corrected chi connectivity index (χ2v) is 7.53. The van der Waals surface area contributed by atoms with E-state index in [4.69, 9.17) is 14.2 Å². The topological polar surface area (TPSA) is 105 Å². The Kier molecular flexibility index (Phi) is 7.83. The zero-order chi connectivity index (χ0) is 24.9. The Morgan fingerprint density at radius 2 is 1.91 bits per heavy atom. The van der Waals surface area contributed by atoms with E-state index in [-0.39, 0.29) is 29.6 Å². The number of ether oxygens (including phenoxy) is 4. The van der Waals surface area contributed by atoms with E-state index in [1.807, 2.05) is 0 Å². The predicted octanol–water partition coefficient (Wildman–Crippen LogP) is 3.77. The number of amides is 1. The third-order valence-electron chi connectivity index (χ3n) is 4.25. The molecule has 1 amide bonds. The molecule has 9 nitrogen and oxygen atoms in total. The highest BCUT2D eigenvalue weighted by molar-refractivity contribution is 7.16. The lowest BCUT2D eigenvalue weighted by Crippen LogP contribution is -2.32. The fourth-order valence-electron chi connectivity index (χ4n) is 2.77. The Morgan fingerprint density at radius 3 is 2.50 bits per heavy atom. The lowest BCUT2D eigenvalue weighted by atomic mass is 10.1. The molecule has 0 aliphatic carbocycles. The first-order valence-corrected chi connectivity index (χ1v) is 10.2. The molecule has 1 aromatic carbocycles. The van der Waals surface area contributed by atoms with Gasteiger partial charge in [-0.2, -0.15) is 4.98 Å². The lowest BCUT2D eigenvalue weighted by Gasteiger charge is -2.19. The standard InChI is InChI=1S/C20H18F4N4O5S/c1-30-9-13(10-4-5-14(11(21)6-10)33-20(22,23)24)27-18(29)12-7-16(31-2)28-17(26-12)15-8-25-19(32-3)34-15/h4-8,13H,9H2,1-3H3,(H,27,29)/t13-/m1/s1. The average molecular weight is 502 g/mol. The van der Waals surface area contributed by atoms with Crippen molar-refractivity contribution in [3.63, 3.8) is 0 Å². The van der Waals surface area contributed by atoms with Crippen LogP contribution in [0.5, 0.6) is 16.8 Å². The van der Waals surface area contributed by atoms with Crippen molar-refractivity contribution in [3.05, 3.63) is 47.5 Å². The molecule has 0 saturated carbocycles. The maximum atomic E-state index is 14.2. The Labute approximate surface area is 194 Å². The Morgan fingerprint density at radius 1 is 1.15 bits per heavy atom. The summed E-state index contributed by atoms with van der Waals surface area (Å²) >= 11 is 1.15. The number of nitrogens with zero attached hydrogens (tertiary/aromatic N) is 3. The predicted molar refractivity (Wildman–Crippen MR) is 111 cm³/mol. The summed E-state index contributed by atoms with van der Waals surface area (Å²) in [4.78, 5) is 25.9. The summed E-state index contributed by atoms with van der Waals surface area (Å²) in [5.41, 5.74) is 0.0727. The minimum atomic E-state index is -5.05. The van der Waals surface area contributed by atoms with Crippen LogP contribution in [-0.2, 0) is 4.74 Å². The molecule has 3 aromatic rings. The highest BCUT2D eigenvalue weighted by Gasteiger charge is 2.32. The van der Waals surface area contributed by atoms with E-state index in [1.54, 1.807) is 0 Å². The summed E-state index contributed by atoms with van der Waals surface area (Å²) < 4.78 is 70.3. The van der Waals surface area contributed by atoms with E-state index in [0.29, 0.717) is 10.1 Å². The van der Waals surface area contributed by atoms with Gasteiger partial charge in [-0.25, -0.2) is 14.4 Å². The number of halogens is 4. The number of carbonyl (C=O) groups is 1. The van der Waals surface area contributed by atoms with Gasteiger partial charge in [-0.15, -0.1) is 13.2 Å². The molecule has 1 atom stereocenters. The summed E-state index contributed by atoms with van der Waals surface area (Å²) in [7, 11) is 4.16. The molecule has 182 valence electrons. The second-order valence-electron chi connectivity index (χ2n) is 6.53. The van der Waals surface area contributed by atoms with Crippen LogP contribution in [0, 0.1) is 5.82 Å². The summed E-state index contributed by atoms with van der Waals surface area (Å²) in [5.74, 6) is -2.67. The summed E-state index contributed by atoms with van der Waals surface area (Å²) in [5, 5.41) is 2.98. The molecule has 2 aromatic heterocycles. The van der Waals surface area contributed by atoms with Crippen LogP contribution in [0.1, 0.15) is 22.1 Å². The van der Waals surface area contributed by atoms with Gasteiger partial charge in [0.25, 0.3) is 11.1 Å². The normalized spacial score (nSPS) is 12.2. The molecular formula is C20H18F4N4O5S. The number of benzene rings is 1. The fourth-order valence-corrected chi connectivity index (χ4v) is 3.44. The first-order valence-electron chi connectivity index (χ1n) is 9.41. The zero-order valence-corrected chi connectivity index (χ0v) is 18.8. The minimum Gasteiger partial charge on any atom is -0.481 e. The van der Waals surface area contributed by atoms with Crippen molar-refractivity contribution >= 4 is 17.2 Å². The molecule has 2 heterocycles. The van der Waals surface area contributed by atoms with Gasteiger partial charge in [0.1, 0.15) is 5.69 Å². The quantitative estimate of drug-likeness (QED) is 0.441. The molecule has 34 heavy (non-hydrogen) atoms. The molecular weight excluding hydrogens is 484 g/mol. The second kappa shape index (κ2) is 10.6. The third kappa shape index (κ3) is 6.29. The number of aromatic nitrogens is 3. The van der Waals surface area contributed by atoms with Crippen molar-refractivity contribution in [2.45, 2.75) is 12.4 Å². The van der Waals surface area contributed by atoms with Crippen molar-refractivity contribution in [2.75, 3.05) is 27.9 Å². The number of hydrogen-bond donors (Lipinski definition) is 1. The van der Waals surface area contributed by atoms with Crippen LogP contribution >= 0.6 is 11.3 Å². The SMILES string of the molecule is COC[C@@H](NC(=O)c1cc(OC)nc(-c2cnc(OC)s2)n1)c1ccc(OC(F)(F)F)c(F)c1. The molecule has 14 heteroatoms. The van der Waals surface area contributed by atoms with Gasteiger partial charge in [0.2, 0.25) is 5.88 Å². The maximum Gasteiger partial charge on any atom is 0.573 e. The number of thiazole rings is 1. The van der Waals surface area contributed by atoms with Gasteiger partial charge in [-0.05, 0) is 17.7 Å². The number of nitrogens with one attached hydrogen (secondary N) is 1. The van der Waals surface area contributed by atoms with Crippen LogP contribution in [0.15, 0.2) is 30.5 Å². The maximum absolute atomic E-state index is 14.2. The van der Waals surface area contributed by atoms with Gasteiger partial charge >= 0.3 is 6.36 Å². The van der Waals surface area contributed by atoms with Crippen LogP contribution < -0.4 is 19.5 Å².